The third kappa shape index (κ3) is 2.36. The van der Waals surface area contributed by atoms with E-state index >= 15 is 0 Å². The Labute approximate surface area is 63.2 Å². The molecule has 1 aliphatic rings. The first-order valence-electron chi connectivity index (χ1n) is 3.89. The minimum absolute atomic E-state index is 0.0365. The molecule has 0 aliphatic heterocycles. The first kappa shape index (κ1) is 9.45. The zero-order valence-electron chi connectivity index (χ0n) is 7.07. The summed E-state index contributed by atoms with van der Waals surface area (Å²) in [6.45, 7) is 4.86. The molecule has 0 bridgehead atoms. The summed E-state index contributed by atoms with van der Waals surface area (Å²) in [5.41, 5.74) is 0.0365. The molecule has 10 heavy (non-hydrogen) atoms. The monoisotopic (exact) mass is 140 g/mol. The Hall–Kier alpha value is -0.550. The van der Waals surface area contributed by atoms with Gasteiger partial charge in [0.2, 0.25) is 0 Å². The van der Waals surface area contributed by atoms with Crippen molar-refractivity contribution in [2.75, 3.05) is 13.6 Å². The Morgan fingerprint density at radius 1 is 1.50 bits per heavy atom. The minimum atomic E-state index is 0.0365. The molecule has 2 heteroatoms. The highest BCUT2D eigenvalue weighted by molar-refractivity contribution is 5.10. The molecule has 1 saturated carbocycles. The predicted molar refractivity (Wildman–Crippen MR) is 42.6 cm³/mol. The van der Waals surface area contributed by atoms with Gasteiger partial charge in [-0.15, -0.1) is 0 Å². The van der Waals surface area contributed by atoms with E-state index in [9.17, 15) is 0 Å². The largest absolute Gasteiger partial charge is 0.318 e. The SMILES string of the molecule is CC.CNCC1(C#N)CC1. The molecule has 1 fully saturated rings. The topological polar surface area (TPSA) is 35.8 Å². The molecule has 0 aromatic carbocycles. The molecule has 1 aliphatic carbocycles. The summed E-state index contributed by atoms with van der Waals surface area (Å²) in [6, 6.07) is 2.29. The van der Waals surface area contributed by atoms with E-state index in [2.05, 4.69) is 11.4 Å². The molecular weight excluding hydrogens is 124 g/mol. The van der Waals surface area contributed by atoms with Gasteiger partial charge >= 0.3 is 0 Å². The normalized spacial score (nSPS) is 18.2. The van der Waals surface area contributed by atoms with Crippen LogP contribution in [0.25, 0.3) is 0 Å². The van der Waals surface area contributed by atoms with E-state index < -0.39 is 0 Å². The number of nitrogens with zero attached hydrogens (tertiary/aromatic N) is 1. The van der Waals surface area contributed by atoms with Crippen LogP contribution in [-0.2, 0) is 0 Å². The van der Waals surface area contributed by atoms with Gasteiger partial charge in [-0.2, -0.15) is 5.26 Å². The molecule has 0 spiro atoms. The fourth-order valence-electron chi connectivity index (χ4n) is 0.817. The van der Waals surface area contributed by atoms with Crippen molar-refractivity contribution >= 4 is 0 Å². The molecule has 0 aromatic heterocycles. The Morgan fingerprint density at radius 3 is 2.10 bits per heavy atom. The van der Waals surface area contributed by atoms with Crippen LogP contribution in [0.3, 0.4) is 0 Å². The van der Waals surface area contributed by atoms with Crippen molar-refractivity contribution < 1.29 is 0 Å². The van der Waals surface area contributed by atoms with Gasteiger partial charge in [0.1, 0.15) is 0 Å². The first-order valence-corrected chi connectivity index (χ1v) is 3.89. The van der Waals surface area contributed by atoms with E-state index in [-0.39, 0.29) is 5.41 Å². The minimum Gasteiger partial charge on any atom is -0.318 e. The van der Waals surface area contributed by atoms with Crippen LogP contribution < -0.4 is 5.32 Å². The lowest BCUT2D eigenvalue weighted by atomic mass is 10.1. The second-order valence-corrected chi connectivity index (χ2v) is 2.42. The Morgan fingerprint density at radius 2 is 2.00 bits per heavy atom. The zero-order valence-corrected chi connectivity index (χ0v) is 7.07. The second-order valence-electron chi connectivity index (χ2n) is 2.42. The Kier molecular flexibility index (Phi) is 4.06. The summed E-state index contributed by atoms with van der Waals surface area (Å²) in [6.07, 6.45) is 2.18. The molecule has 0 heterocycles. The number of rotatable bonds is 2. The average Bonchev–Trinajstić information content (AvgIpc) is 2.75. The molecule has 2 nitrogen and oxygen atoms in total. The van der Waals surface area contributed by atoms with Crippen molar-refractivity contribution in [2.24, 2.45) is 5.41 Å². The van der Waals surface area contributed by atoms with Crippen LogP contribution in [0.15, 0.2) is 0 Å². The molecule has 0 radical (unpaired) electrons. The highest BCUT2D eigenvalue weighted by atomic mass is 14.8. The van der Waals surface area contributed by atoms with E-state index in [1.807, 2.05) is 20.9 Å². The summed E-state index contributed by atoms with van der Waals surface area (Å²) in [4.78, 5) is 0. The van der Waals surface area contributed by atoms with E-state index in [4.69, 9.17) is 5.26 Å². The third-order valence-corrected chi connectivity index (χ3v) is 1.61. The lowest BCUT2D eigenvalue weighted by Crippen LogP contribution is -2.17. The molecule has 0 unspecified atom stereocenters. The van der Waals surface area contributed by atoms with Crippen molar-refractivity contribution in [3.05, 3.63) is 0 Å². The lowest BCUT2D eigenvalue weighted by Gasteiger charge is -2.00. The molecular formula is C8H16N2. The van der Waals surface area contributed by atoms with Gasteiger partial charge in [-0.1, -0.05) is 13.8 Å². The third-order valence-electron chi connectivity index (χ3n) is 1.61. The molecule has 1 rings (SSSR count). The van der Waals surface area contributed by atoms with Crippen LogP contribution in [0.2, 0.25) is 0 Å². The highest BCUT2D eigenvalue weighted by Crippen LogP contribution is 2.43. The van der Waals surface area contributed by atoms with E-state index in [0.717, 1.165) is 19.4 Å². The van der Waals surface area contributed by atoms with Crippen LogP contribution >= 0.6 is 0 Å². The van der Waals surface area contributed by atoms with Crippen molar-refractivity contribution in [3.8, 4) is 6.07 Å². The average molecular weight is 140 g/mol. The van der Waals surface area contributed by atoms with Gasteiger partial charge in [-0.25, -0.2) is 0 Å². The van der Waals surface area contributed by atoms with Crippen LogP contribution in [0, 0.1) is 16.7 Å². The van der Waals surface area contributed by atoms with Crippen molar-refractivity contribution in [1.29, 1.82) is 5.26 Å². The van der Waals surface area contributed by atoms with E-state index in [1.54, 1.807) is 0 Å². The first-order chi connectivity index (χ1) is 4.83. The maximum Gasteiger partial charge on any atom is 0.0703 e. The van der Waals surface area contributed by atoms with Gasteiger partial charge in [-0.3, -0.25) is 0 Å². The van der Waals surface area contributed by atoms with Gasteiger partial charge < -0.3 is 5.32 Å². The fourth-order valence-corrected chi connectivity index (χ4v) is 0.817. The van der Waals surface area contributed by atoms with E-state index in [0.29, 0.717) is 0 Å². The van der Waals surface area contributed by atoms with Gasteiger partial charge in [0.15, 0.2) is 0 Å². The predicted octanol–water partition coefficient (Wildman–Crippen LogP) is 1.54. The van der Waals surface area contributed by atoms with Crippen molar-refractivity contribution in [2.45, 2.75) is 26.7 Å². The van der Waals surface area contributed by atoms with Crippen LogP contribution in [0.5, 0.6) is 0 Å². The Bertz CT molecular complexity index is 120. The van der Waals surface area contributed by atoms with Gasteiger partial charge in [0, 0.05) is 6.54 Å². The summed E-state index contributed by atoms with van der Waals surface area (Å²) in [7, 11) is 1.89. The molecule has 0 aromatic rings. The van der Waals surface area contributed by atoms with Crippen LogP contribution in [0.1, 0.15) is 26.7 Å². The lowest BCUT2D eigenvalue weighted by molar-refractivity contribution is 0.605. The smallest absolute Gasteiger partial charge is 0.0703 e. The molecule has 58 valence electrons. The number of hydrogen-bond acceptors (Lipinski definition) is 2. The fraction of sp³-hybridized carbons (Fsp3) is 0.875. The second kappa shape index (κ2) is 4.29. The van der Waals surface area contributed by atoms with E-state index in [1.165, 1.54) is 0 Å². The van der Waals surface area contributed by atoms with Crippen molar-refractivity contribution in [3.63, 3.8) is 0 Å². The maximum atomic E-state index is 8.50. The van der Waals surface area contributed by atoms with Crippen LogP contribution in [0.4, 0.5) is 0 Å². The maximum absolute atomic E-state index is 8.50. The number of nitriles is 1. The quantitative estimate of drug-likeness (QED) is 0.631. The van der Waals surface area contributed by atoms with Crippen molar-refractivity contribution in [1.82, 2.24) is 5.32 Å². The van der Waals surface area contributed by atoms with Crippen LogP contribution in [-0.4, -0.2) is 13.6 Å². The molecule has 1 N–H and O–H groups in total. The summed E-state index contributed by atoms with van der Waals surface area (Å²) >= 11 is 0. The molecule has 0 atom stereocenters. The summed E-state index contributed by atoms with van der Waals surface area (Å²) in [5, 5.41) is 11.5. The highest BCUT2D eigenvalue weighted by Gasteiger charge is 2.42. The number of hydrogen-bond donors (Lipinski definition) is 1. The van der Waals surface area contributed by atoms with Gasteiger partial charge in [0.05, 0.1) is 11.5 Å². The van der Waals surface area contributed by atoms with Gasteiger partial charge in [-0.05, 0) is 19.9 Å². The standard InChI is InChI=1S/C6H10N2.C2H6/c1-8-5-6(4-7)2-3-6;1-2/h8H,2-3,5H2,1H3;1-2H3. The van der Waals surface area contributed by atoms with Gasteiger partial charge in [0.25, 0.3) is 0 Å². The Balaban J connectivity index is 0.000000371. The number of nitrogens with one attached hydrogen (secondary N) is 1. The molecule has 0 saturated heterocycles. The zero-order chi connectivity index (χ0) is 8.04. The summed E-state index contributed by atoms with van der Waals surface area (Å²) < 4.78 is 0. The summed E-state index contributed by atoms with van der Waals surface area (Å²) in [5.74, 6) is 0. The molecule has 0 amide bonds.